The number of amides is 1. The van der Waals surface area contributed by atoms with Crippen LogP contribution in [-0.4, -0.2) is 18.0 Å². The molecule has 1 aromatic rings. The zero-order valence-electron chi connectivity index (χ0n) is 11.5. The number of nitrogens with one attached hydrogen (secondary N) is 1. The van der Waals surface area contributed by atoms with Crippen molar-refractivity contribution in [3.05, 3.63) is 33.3 Å². The first-order valence-electron chi connectivity index (χ1n) is 6.25. The zero-order valence-corrected chi connectivity index (χ0v) is 13.8. The number of carbonyl (C=O) groups excluding carboxylic acids is 1. The van der Waals surface area contributed by atoms with Gasteiger partial charge in [0.05, 0.1) is 5.02 Å². The summed E-state index contributed by atoms with van der Waals surface area (Å²) in [5.41, 5.74) is 5.97. The van der Waals surface area contributed by atoms with E-state index in [1.54, 1.807) is 18.2 Å². The molecule has 5 heteroatoms. The number of nitrogens with two attached hydrogens (primary N) is 1. The van der Waals surface area contributed by atoms with Crippen molar-refractivity contribution in [1.29, 1.82) is 0 Å². The lowest BCUT2D eigenvalue weighted by Gasteiger charge is -2.31. The molecule has 0 saturated heterocycles. The van der Waals surface area contributed by atoms with E-state index >= 15 is 0 Å². The largest absolute Gasteiger partial charge is 0.346 e. The molecule has 1 atom stereocenters. The molecule has 0 fully saturated rings. The fourth-order valence-electron chi connectivity index (χ4n) is 2.07. The molecule has 1 rings (SSSR count). The minimum Gasteiger partial charge on any atom is -0.346 e. The lowest BCUT2D eigenvalue weighted by Crippen LogP contribution is -2.52. The van der Waals surface area contributed by atoms with Gasteiger partial charge in [-0.05, 0) is 53.4 Å². The predicted molar refractivity (Wildman–Crippen MR) is 83.5 cm³/mol. The van der Waals surface area contributed by atoms with Gasteiger partial charge in [0.1, 0.15) is 0 Å². The van der Waals surface area contributed by atoms with E-state index in [1.807, 2.05) is 6.92 Å². The molecule has 0 aliphatic rings. The third kappa shape index (κ3) is 4.79. The van der Waals surface area contributed by atoms with Crippen molar-refractivity contribution in [2.45, 2.75) is 32.7 Å². The molecule has 0 heterocycles. The van der Waals surface area contributed by atoms with Crippen LogP contribution in [0.2, 0.25) is 5.02 Å². The first-order valence-corrected chi connectivity index (χ1v) is 7.42. The molecule has 0 saturated carbocycles. The van der Waals surface area contributed by atoms with Crippen molar-refractivity contribution in [1.82, 2.24) is 5.32 Å². The summed E-state index contributed by atoms with van der Waals surface area (Å²) in [6.07, 6.45) is 0.837. The van der Waals surface area contributed by atoms with Crippen LogP contribution in [0.25, 0.3) is 0 Å². The summed E-state index contributed by atoms with van der Waals surface area (Å²) >= 11 is 9.23. The summed E-state index contributed by atoms with van der Waals surface area (Å²) in [6, 6.07) is 5.11. The molecule has 1 amide bonds. The SMILES string of the molecule is CC(C)CC(C)(CN)NC(=O)c1ccc(Cl)c(Br)c1. The molecule has 106 valence electrons. The Morgan fingerprint density at radius 1 is 1.53 bits per heavy atom. The van der Waals surface area contributed by atoms with E-state index in [-0.39, 0.29) is 5.91 Å². The van der Waals surface area contributed by atoms with Crippen LogP contribution in [0.5, 0.6) is 0 Å². The molecule has 0 aliphatic carbocycles. The van der Waals surface area contributed by atoms with E-state index in [9.17, 15) is 4.79 Å². The minimum atomic E-state index is -0.392. The van der Waals surface area contributed by atoms with Crippen molar-refractivity contribution in [3.8, 4) is 0 Å². The van der Waals surface area contributed by atoms with E-state index in [2.05, 4.69) is 35.1 Å². The van der Waals surface area contributed by atoms with Crippen LogP contribution in [0.4, 0.5) is 0 Å². The van der Waals surface area contributed by atoms with Gasteiger partial charge in [-0.15, -0.1) is 0 Å². The lowest BCUT2D eigenvalue weighted by molar-refractivity contribution is 0.0898. The van der Waals surface area contributed by atoms with Crippen molar-refractivity contribution in [2.75, 3.05) is 6.54 Å². The third-order valence-electron chi connectivity index (χ3n) is 2.91. The smallest absolute Gasteiger partial charge is 0.251 e. The summed E-state index contributed by atoms with van der Waals surface area (Å²) in [5, 5.41) is 3.59. The quantitative estimate of drug-likeness (QED) is 0.855. The normalized spacial score (nSPS) is 14.3. The van der Waals surface area contributed by atoms with Crippen LogP contribution in [0.3, 0.4) is 0 Å². The predicted octanol–water partition coefficient (Wildman–Crippen LogP) is 3.60. The lowest BCUT2D eigenvalue weighted by atomic mass is 9.90. The molecule has 19 heavy (non-hydrogen) atoms. The van der Waals surface area contributed by atoms with Gasteiger partial charge in [-0.3, -0.25) is 4.79 Å². The zero-order chi connectivity index (χ0) is 14.6. The number of hydrogen-bond acceptors (Lipinski definition) is 2. The molecule has 3 N–H and O–H groups in total. The van der Waals surface area contributed by atoms with Gasteiger partial charge in [-0.1, -0.05) is 25.4 Å². The van der Waals surface area contributed by atoms with Crippen LogP contribution < -0.4 is 11.1 Å². The van der Waals surface area contributed by atoms with E-state index in [4.69, 9.17) is 17.3 Å². The van der Waals surface area contributed by atoms with E-state index < -0.39 is 5.54 Å². The number of rotatable bonds is 5. The molecule has 0 bridgehead atoms. The fraction of sp³-hybridized carbons (Fsp3) is 0.500. The Labute approximate surface area is 128 Å². The second-order valence-corrected chi connectivity index (χ2v) is 6.71. The highest BCUT2D eigenvalue weighted by molar-refractivity contribution is 9.10. The molecular formula is C14H20BrClN2O. The first-order chi connectivity index (χ1) is 8.77. The van der Waals surface area contributed by atoms with E-state index in [0.717, 1.165) is 6.42 Å². The Hall–Kier alpha value is -0.580. The summed E-state index contributed by atoms with van der Waals surface area (Å²) in [7, 11) is 0. The van der Waals surface area contributed by atoms with Gasteiger partial charge in [0.25, 0.3) is 5.91 Å². The van der Waals surface area contributed by atoms with E-state index in [1.165, 1.54) is 0 Å². The molecule has 0 aromatic heterocycles. The molecule has 3 nitrogen and oxygen atoms in total. The topological polar surface area (TPSA) is 55.1 Å². The number of halogens is 2. The van der Waals surface area contributed by atoms with Crippen LogP contribution in [-0.2, 0) is 0 Å². The Morgan fingerprint density at radius 3 is 2.63 bits per heavy atom. The summed E-state index contributed by atoms with van der Waals surface area (Å²) in [5.74, 6) is 0.330. The van der Waals surface area contributed by atoms with Gasteiger partial charge in [0, 0.05) is 22.1 Å². The van der Waals surface area contributed by atoms with Crippen LogP contribution in [0.1, 0.15) is 37.6 Å². The maximum Gasteiger partial charge on any atom is 0.251 e. The molecule has 0 spiro atoms. The average Bonchev–Trinajstić information content (AvgIpc) is 2.31. The van der Waals surface area contributed by atoms with Gasteiger partial charge in [-0.2, -0.15) is 0 Å². The van der Waals surface area contributed by atoms with Crippen LogP contribution >= 0.6 is 27.5 Å². The second kappa shape index (κ2) is 6.73. The van der Waals surface area contributed by atoms with Gasteiger partial charge in [0.15, 0.2) is 0 Å². The van der Waals surface area contributed by atoms with Crippen LogP contribution in [0.15, 0.2) is 22.7 Å². The number of benzene rings is 1. The van der Waals surface area contributed by atoms with Gasteiger partial charge in [0.2, 0.25) is 0 Å². The van der Waals surface area contributed by atoms with Crippen molar-refractivity contribution in [3.63, 3.8) is 0 Å². The van der Waals surface area contributed by atoms with E-state index in [0.29, 0.717) is 27.5 Å². The monoisotopic (exact) mass is 346 g/mol. The molecular weight excluding hydrogens is 328 g/mol. The second-order valence-electron chi connectivity index (χ2n) is 5.45. The van der Waals surface area contributed by atoms with Gasteiger partial charge < -0.3 is 11.1 Å². The third-order valence-corrected chi connectivity index (χ3v) is 4.12. The maximum atomic E-state index is 12.2. The standard InChI is InChI=1S/C14H20BrClN2O/c1-9(2)7-14(3,8-17)18-13(19)10-4-5-12(16)11(15)6-10/h4-6,9H,7-8,17H2,1-3H3,(H,18,19). The van der Waals surface area contributed by atoms with Crippen LogP contribution in [0, 0.1) is 5.92 Å². The fourth-order valence-corrected chi connectivity index (χ4v) is 2.57. The molecule has 0 aliphatic heterocycles. The maximum absolute atomic E-state index is 12.2. The molecule has 0 radical (unpaired) electrons. The number of hydrogen-bond donors (Lipinski definition) is 2. The van der Waals surface area contributed by atoms with Crippen molar-refractivity contribution in [2.24, 2.45) is 11.7 Å². The Kier molecular flexibility index (Phi) is 5.83. The summed E-state index contributed by atoms with van der Waals surface area (Å²) < 4.78 is 0.708. The Balaban J connectivity index is 2.85. The van der Waals surface area contributed by atoms with Gasteiger partial charge >= 0.3 is 0 Å². The van der Waals surface area contributed by atoms with Crippen molar-refractivity contribution >= 4 is 33.4 Å². The molecule has 1 unspecified atom stereocenters. The highest BCUT2D eigenvalue weighted by atomic mass is 79.9. The summed E-state index contributed by atoms with van der Waals surface area (Å²) in [6.45, 7) is 6.60. The highest BCUT2D eigenvalue weighted by Gasteiger charge is 2.26. The minimum absolute atomic E-state index is 0.133. The molecule has 1 aromatic carbocycles. The van der Waals surface area contributed by atoms with Gasteiger partial charge in [-0.25, -0.2) is 0 Å². The number of carbonyl (C=O) groups is 1. The first kappa shape index (κ1) is 16.5. The Morgan fingerprint density at radius 2 is 2.16 bits per heavy atom. The average molecular weight is 348 g/mol. The Bertz CT molecular complexity index is 465. The van der Waals surface area contributed by atoms with Crippen molar-refractivity contribution < 1.29 is 4.79 Å². The highest BCUT2D eigenvalue weighted by Crippen LogP contribution is 2.24. The summed E-state index contributed by atoms with van der Waals surface area (Å²) in [4.78, 5) is 12.2.